The molecule has 1 rings (SSSR count). The van der Waals surface area contributed by atoms with Crippen LogP contribution in [0.1, 0.15) is 12.2 Å². The molecular weight excluding hydrogens is 212 g/mol. The van der Waals surface area contributed by atoms with Gasteiger partial charge in [0.15, 0.2) is 0 Å². The van der Waals surface area contributed by atoms with Crippen LogP contribution in [-0.2, 0) is 11.2 Å². The number of nitrogens with zero attached hydrogens (tertiary/aromatic N) is 1. The van der Waals surface area contributed by atoms with Crippen LogP contribution in [0.3, 0.4) is 0 Å². The molecule has 0 spiro atoms. The summed E-state index contributed by atoms with van der Waals surface area (Å²) < 4.78 is 0. The van der Waals surface area contributed by atoms with Gasteiger partial charge in [0.25, 0.3) is 0 Å². The van der Waals surface area contributed by atoms with Crippen molar-refractivity contribution in [3.63, 3.8) is 0 Å². The summed E-state index contributed by atoms with van der Waals surface area (Å²) in [6, 6.07) is 0. The molecule has 0 unspecified atom stereocenters. The van der Waals surface area contributed by atoms with E-state index in [1.807, 2.05) is 0 Å². The number of carbonyl (C=O) groups is 1. The van der Waals surface area contributed by atoms with Gasteiger partial charge in [0, 0.05) is 18.8 Å². The molecule has 62 valence electrons. The van der Waals surface area contributed by atoms with Crippen LogP contribution in [-0.4, -0.2) is 21.0 Å². The number of H-pyrrole nitrogens is 1. The van der Waals surface area contributed by atoms with Gasteiger partial charge in [-0.1, -0.05) is 0 Å². The monoisotopic (exact) mass is 220 g/mol. The highest BCUT2D eigenvalue weighted by Gasteiger charge is 1.98. The van der Waals surface area contributed by atoms with Crippen LogP contribution in [0.2, 0.25) is 0 Å². The van der Waals surface area contributed by atoms with E-state index < -0.39 is 5.97 Å². The molecule has 0 saturated carbocycles. The first kappa shape index (κ1) is 10.2. The first-order valence-corrected chi connectivity index (χ1v) is 2.99. The minimum Gasteiger partial charge on any atom is -0.481 e. The Morgan fingerprint density at radius 1 is 1.73 bits per heavy atom. The predicted molar refractivity (Wildman–Crippen MR) is 44.9 cm³/mol. The fourth-order valence-corrected chi connectivity index (χ4v) is 0.660. The number of carboxylic acid groups (broad SMARTS) is 1. The van der Waals surface area contributed by atoms with Crippen molar-refractivity contribution >= 4 is 23.0 Å². The molecule has 2 N–H and O–H groups in total. The average Bonchev–Trinajstić information content (AvgIpc) is 2.34. The van der Waals surface area contributed by atoms with Crippen LogP contribution < -0.4 is 0 Å². The number of hydrogen-bond donors (Lipinski definition) is 2. The molecule has 0 atom stereocenters. The Morgan fingerprint density at radius 3 is 2.91 bits per heavy atom. The normalized spacial score (nSPS) is 8.73. The number of aromatic amines is 1. The summed E-state index contributed by atoms with van der Waals surface area (Å²) in [6.07, 6.45) is 3.89. The van der Waals surface area contributed by atoms with Gasteiger partial charge in [-0.05, 0) is 0 Å². The Kier molecular flexibility index (Phi) is 4.52. The fourth-order valence-electron chi connectivity index (χ4n) is 0.660. The number of carboxylic acids is 1. The van der Waals surface area contributed by atoms with Crippen molar-refractivity contribution < 1.29 is 9.90 Å². The van der Waals surface area contributed by atoms with E-state index in [0.29, 0.717) is 6.42 Å². The summed E-state index contributed by atoms with van der Waals surface area (Å²) in [7, 11) is 0. The molecule has 0 fully saturated rings. The van der Waals surface area contributed by atoms with E-state index >= 15 is 0 Å². The van der Waals surface area contributed by atoms with Crippen LogP contribution in [0.25, 0.3) is 0 Å². The van der Waals surface area contributed by atoms with Gasteiger partial charge in [0.1, 0.15) is 5.82 Å². The van der Waals surface area contributed by atoms with Crippen molar-refractivity contribution in [2.45, 2.75) is 12.8 Å². The first-order valence-electron chi connectivity index (χ1n) is 2.99. The Bertz CT molecular complexity index is 210. The number of nitrogens with one attached hydrogen (secondary N) is 1. The van der Waals surface area contributed by atoms with Gasteiger partial charge in [-0.3, -0.25) is 4.79 Å². The molecule has 11 heavy (non-hydrogen) atoms. The van der Waals surface area contributed by atoms with Gasteiger partial charge < -0.3 is 10.1 Å². The van der Waals surface area contributed by atoms with Crippen LogP contribution >= 0.6 is 17.0 Å². The minimum atomic E-state index is -0.795. The molecule has 0 aliphatic heterocycles. The maximum absolute atomic E-state index is 10.1. The van der Waals surface area contributed by atoms with E-state index in [1.54, 1.807) is 12.4 Å². The maximum Gasteiger partial charge on any atom is 0.303 e. The molecule has 0 aliphatic rings. The number of imidazole rings is 1. The Hall–Kier alpha value is -0.840. The second-order valence-corrected chi connectivity index (χ2v) is 1.93. The number of aryl methyl sites for hydroxylation is 1. The smallest absolute Gasteiger partial charge is 0.303 e. The summed E-state index contributed by atoms with van der Waals surface area (Å²) in [5.41, 5.74) is 0. The van der Waals surface area contributed by atoms with Crippen molar-refractivity contribution in [1.82, 2.24) is 9.97 Å². The van der Waals surface area contributed by atoms with Gasteiger partial charge in [0.2, 0.25) is 0 Å². The molecule has 0 bridgehead atoms. The van der Waals surface area contributed by atoms with Gasteiger partial charge in [-0.25, -0.2) is 4.98 Å². The molecule has 1 heterocycles. The second kappa shape index (κ2) is 4.90. The predicted octanol–water partition coefficient (Wildman–Crippen LogP) is 1.00. The molecule has 0 radical (unpaired) electrons. The number of rotatable bonds is 3. The number of aliphatic carboxylic acids is 1. The largest absolute Gasteiger partial charge is 0.481 e. The summed E-state index contributed by atoms with van der Waals surface area (Å²) in [4.78, 5) is 16.7. The third-order valence-electron chi connectivity index (χ3n) is 1.13. The summed E-state index contributed by atoms with van der Waals surface area (Å²) in [5, 5.41) is 8.27. The highest BCUT2D eigenvalue weighted by Crippen LogP contribution is 1.93. The van der Waals surface area contributed by atoms with E-state index in [0.717, 1.165) is 5.82 Å². The SMILES string of the molecule is Br.O=C(O)CCc1ncc[nH]1. The van der Waals surface area contributed by atoms with Gasteiger partial charge in [-0.15, -0.1) is 17.0 Å². The average molecular weight is 221 g/mol. The van der Waals surface area contributed by atoms with Gasteiger partial charge in [0.05, 0.1) is 6.42 Å². The molecule has 1 aromatic heterocycles. The molecule has 1 aromatic rings. The fraction of sp³-hybridized carbons (Fsp3) is 0.333. The van der Waals surface area contributed by atoms with Crippen molar-refractivity contribution in [1.29, 1.82) is 0 Å². The van der Waals surface area contributed by atoms with Gasteiger partial charge in [-0.2, -0.15) is 0 Å². The number of hydrogen-bond acceptors (Lipinski definition) is 2. The highest BCUT2D eigenvalue weighted by atomic mass is 79.9. The molecule has 0 amide bonds. The third kappa shape index (κ3) is 3.77. The van der Waals surface area contributed by atoms with E-state index in [1.165, 1.54) is 0 Å². The van der Waals surface area contributed by atoms with E-state index in [4.69, 9.17) is 5.11 Å². The molecular formula is C6H9BrN2O2. The summed E-state index contributed by atoms with van der Waals surface area (Å²) in [6.45, 7) is 0. The van der Waals surface area contributed by atoms with Crippen LogP contribution in [0.15, 0.2) is 12.4 Å². The Morgan fingerprint density at radius 2 is 2.45 bits per heavy atom. The zero-order chi connectivity index (χ0) is 7.40. The standard InChI is InChI=1S/C6H8N2O2.BrH/c9-6(10)2-1-5-7-3-4-8-5;/h3-4H,1-2H2,(H,7,8)(H,9,10);1H. The van der Waals surface area contributed by atoms with Crippen molar-refractivity contribution in [3.8, 4) is 0 Å². The lowest BCUT2D eigenvalue weighted by molar-refractivity contribution is -0.137. The molecule has 0 saturated heterocycles. The molecule has 4 nitrogen and oxygen atoms in total. The molecule has 0 aliphatic carbocycles. The lowest BCUT2D eigenvalue weighted by Gasteiger charge is -1.89. The Labute approximate surface area is 74.4 Å². The summed E-state index contributed by atoms with van der Waals surface area (Å²) >= 11 is 0. The molecule has 5 heteroatoms. The lowest BCUT2D eigenvalue weighted by Crippen LogP contribution is -1.98. The van der Waals surface area contributed by atoms with Gasteiger partial charge >= 0.3 is 5.97 Å². The summed E-state index contributed by atoms with van der Waals surface area (Å²) in [5.74, 6) is -0.0706. The second-order valence-electron chi connectivity index (χ2n) is 1.93. The van der Waals surface area contributed by atoms with Crippen LogP contribution in [0.4, 0.5) is 0 Å². The topological polar surface area (TPSA) is 66.0 Å². The van der Waals surface area contributed by atoms with E-state index in [2.05, 4.69) is 9.97 Å². The van der Waals surface area contributed by atoms with Crippen molar-refractivity contribution in [2.75, 3.05) is 0 Å². The maximum atomic E-state index is 10.1. The zero-order valence-electron chi connectivity index (χ0n) is 5.78. The van der Waals surface area contributed by atoms with Crippen LogP contribution in [0, 0.1) is 0 Å². The van der Waals surface area contributed by atoms with Crippen LogP contribution in [0.5, 0.6) is 0 Å². The van der Waals surface area contributed by atoms with E-state index in [9.17, 15) is 4.79 Å². The zero-order valence-corrected chi connectivity index (χ0v) is 7.49. The molecule has 0 aromatic carbocycles. The lowest BCUT2D eigenvalue weighted by atomic mass is 10.3. The first-order chi connectivity index (χ1) is 4.79. The third-order valence-corrected chi connectivity index (χ3v) is 1.13. The number of halogens is 1. The Balaban J connectivity index is 0.000001000. The van der Waals surface area contributed by atoms with Crippen molar-refractivity contribution in [2.24, 2.45) is 0 Å². The highest BCUT2D eigenvalue weighted by molar-refractivity contribution is 8.93. The number of aromatic nitrogens is 2. The van der Waals surface area contributed by atoms with Crippen molar-refractivity contribution in [3.05, 3.63) is 18.2 Å². The quantitative estimate of drug-likeness (QED) is 0.800. The van der Waals surface area contributed by atoms with E-state index in [-0.39, 0.29) is 23.4 Å². The minimum absolute atomic E-state index is 0.